The highest BCUT2D eigenvalue weighted by molar-refractivity contribution is 6.30. The Hall–Kier alpha value is -1.38. The average molecular weight is 291 g/mol. The molecule has 0 spiro atoms. The van der Waals surface area contributed by atoms with Crippen molar-refractivity contribution in [2.45, 2.75) is 25.4 Å². The Morgan fingerprint density at radius 3 is 2.40 bits per heavy atom. The van der Waals surface area contributed by atoms with Crippen molar-refractivity contribution >= 4 is 11.6 Å². The Labute approximate surface area is 123 Å². The summed E-state index contributed by atoms with van der Waals surface area (Å²) in [7, 11) is 0. The molecule has 1 N–H and O–H groups in total. The highest BCUT2D eigenvalue weighted by Crippen LogP contribution is 2.30. The van der Waals surface area contributed by atoms with Gasteiger partial charge in [-0.3, -0.25) is 0 Å². The first kappa shape index (κ1) is 13.6. The van der Waals surface area contributed by atoms with Gasteiger partial charge in [-0.15, -0.1) is 0 Å². The molecule has 0 bridgehead atoms. The van der Waals surface area contributed by atoms with Gasteiger partial charge in [0.05, 0.1) is 11.1 Å². The van der Waals surface area contributed by atoms with Gasteiger partial charge in [-0.25, -0.2) is 4.39 Å². The Bertz CT molecular complexity index is 601. The van der Waals surface area contributed by atoms with Crippen LogP contribution in [0.4, 0.5) is 4.39 Å². The molecule has 2 aromatic rings. The van der Waals surface area contributed by atoms with Crippen LogP contribution in [0.15, 0.2) is 42.5 Å². The minimum absolute atomic E-state index is 0.115. The highest BCUT2D eigenvalue weighted by atomic mass is 35.5. The second-order valence-electron chi connectivity index (χ2n) is 5.42. The molecule has 0 aliphatic heterocycles. The second kappa shape index (κ2) is 5.55. The number of aliphatic hydroxyl groups excluding tert-OH is 1. The zero-order chi connectivity index (χ0) is 14.1. The first-order valence-electron chi connectivity index (χ1n) is 6.83. The lowest BCUT2D eigenvalue weighted by atomic mass is 9.93. The molecule has 3 heteroatoms. The van der Waals surface area contributed by atoms with Crippen LogP contribution in [0.2, 0.25) is 5.02 Å². The molecule has 3 rings (SSSR count). The summed E-state index contributed by atoms with van der Waals surface area (Å²) in [5.74, 6) is -0.255. The molecule has 0 heterocycles. The van der Waals surface area contributed by atoms with Crippen LogP contribution in [0.5, 0.6) is 0 Å². The number of halogens is 2. The predicted molar refractivity (Wildman–Crippen MR) is 78.5 cm³/mol. The fourth-order valence-corrected chi connectivity index (χ4v) is 3.16. The van der Waals surface area contributed by atoms with E-state index in [-0.39, 0.29) is 10.9 Å². The third-order valence-corrected chi connectivity index (χ3v) is 4.38. The van der Waals surface area contributed by atoms with Crippen LogP contribution in [-0.2, 0) is 19.3 Å². The smallest absolute Gasteiger partial charge is 0.145 e. The summed E-state index contributed by atoms with van der Waals surface area (Å²) in [5.41, 5.74) is 3.08. The van der Waals surface area contributed by atoms with E-state index in [0.29, 0.717) is 12.0 Å². The zero-order valence-electron chi connectivity index (χ0n) is 11.0. The standard InChI is InChI=1S/C17H16ClFO/c18-15-7-3-6-13(17(15)19)10-16(20)14-8-11-4-1-2-5-12(11)9-14/h1-7,14,16,20H,8-10H2. The second-order valence-corrected chi connectivity index (χ2v) is 5.83. The fraction of sp³-hybridized carbons (Fsp3) is 0.294. The van der Waals surface area contributed by atoms with Crippen molar-refractivity contribution in [1.29, 1.82) is 0 Å². The van der Waals surface area contributed by atoms with Gasteiger partial charge in [0.1, 0.15) is 5.82 Å². The van der Waals surface area contributed by atoms with Gasteiger partial charge in [0.2, 0.25) is 0 Å². The van der Waals surface area contributed by atoms with Gasteiger partial charge in [0.25, 0.3) is 0 Å². The minimum atomic E-state index is -0.546. The third kappa shape index (κ3) is 2.58. The molecular formula is C17H16ClFO. The predicted octanol–water partition coefficient (Wildman–Crippen LogP) is 3.80. The maximum Gasteiger partial charge on any atom is 0.145 e. The number of benzene rings is 2. The van der Waals surface area contributed by atoms with Gasteiger partial charge in [0, 0.05) is 6.42 Å². The molecule has 0 fully saturated rings. The average Bonchev–Trinajstić information content (AvgIpc) is 2.88. The van der Waals surface area contributed by atoms with Crippen LogP contribution in [0.1, 0.15) is 16.7 Å². The van der Waals surface area contributed by atoms with Crippen LogP contribution >= 0.6 is 11.6 Å². The van der Waals surface area contributed by atoms with Gasteiger partial charge in [0.15, 0.2) is 0 Å². The quantitative estimate of drug-likeness (QED) is 0.912. The van der Waals surface area contributed by atoms with Crippen LogP contribution < -0.4 is 0 Å². The molecule has 1 aliphatic carbocycles. The van der Waals surface area contributed by atoms with Crippen molar-refractivity contribution in [3.63, 3.8) is 0 Å². The van der Waals surface area contributed by atoms with E-state index in [9.17, 15) is 9.50 Å². The molecule has 1 unspecified atom stereocenters. The Balaban J connectivity index is 1.72. The van der Waals surface area contributed by atoms with Crippen LogP contribution in [0.3, 0.4) is 0 Å². The normalized spacial score (nSPS) is 16.1. The topological polar surface area (TPSA) is 20.2 Å². The molecule has 0 amide bonds. The van der Waals surface area contributed by atoms with E-state index in [0.717, 1.165) is 12.8 Å². The van der Waals surface area contributed by atoms with Crippen LogP contribution in [-0.4, -0.2) is 11.2 Å². The molecule has 1 nitrogen and oxygen atoms in total. The molecule has 1 aliphatic rings. The van der Waals surface area contributed by atoms with Crippen molar-refractivity contribution in [2.24, 2.45) is 5.92 Å². The van der Waals surface area contributed by atoms with E-state index >= 15 is 0 Å². The third-order valence-electron chi connectivity index (χ3n) is 4.09. The maximum absolute atomic E-state index is 13.9. The molecule has 0 radical (unpaired) electrons. The Kier molecular flexibility index (Phi) is 3.77. The monoisotopic (exact) mass is 290 g/mol. The Morgan fingerprint density at radius 2 is 1.75 bits per heavy atom. The number of hydrogen-bond acceptors (Lipinski definition) is 1. The summed E-state index contributed by atoms with van der Waals surface area (Å²) < 4.78 is 13.9. The Morgan fingerprint density at radius 1 is 1.10 bits per heavy atom. The molecule has 0 saturated heterocycles. The lowest BCUT2D eigenvalue weighted by Crippen LogP contribution is -2.23. The van der Waals surface area contributed by atoms with Crippen molar-refractivity contribution < 1.29 is 9.50 Å². The van der Waals surface area contributed by atoms with Crippen molar-refractivity contribution in [3.8, 4) is 0 Å². The SMILES string of the molecule is OC(Cc1cccc(Cl)c1F)C1Cc2ccccc2C1. The van der Waals surface area contributed by atoms with E-state index in [2.05, 4.69) is 12.1 Å². The van der Waals surface area contributed by atoms with E-state index in [1.165, 1.54) is 17.2 Å². The van der Waals surface area contributed by atoms with Gasteiger partial charge < -0.3 is 5.11 Å². The van der Waals surface area contributed by atoms with Gasteiger partial charge >= 0.3 is 0 Å². The summed E-state index contributed by atoms with van der Waals surface area (Å²) in [5, 5.41) is 10.5. The molecule has 0 aromatic heterocycles. The lowest BCUT2D eigenvalue weighted by Gasteiger charge is -2.18. The van der Waals surface area contributed by atoms with Crippen LogP contribution in [0, 0.1) is 11.7 Å². The number of hydrogen-bond donors (Lipinski definition) is 1. The summed E-state index contributed by atoms with van der Waals surface area (Å²) in [6, 6.07) is 13.2. The molecule has 2 aromatic carbocycles. The number of aliphatic hydroxyl groups is 1. The van der Waals surface area contributed by atoms with E-state index in [1.807, 2.05) is 12.1 Å². The first-order valence-corrected chi connectivity index (χ1v) is 7.20. The van der Waals surface area contributed by atoms with E-state index < -0.39 is 11.9 Å². The largest absolute Gasteiger partial charge is 0.392 e. The molecule has 0 saturated carbocycles. The summed E-state index contributed by atoms with van der Waals surface area (Å²) in [6.45, 7) is 0. The minimum Gasteiger partial charge on any atom is -0.392 e. The summed E-state index contributed by atoms with van der Waals surface area (Å²) in [6.07, 6.45) is 1.49. The fourth-order valence-electron chi connectivity index (χ4n) is 2.96. The summed E-state index contributed by atoms with van der Waals surface area (Å²) in [4.78, 5) is 0. The molecule has 20 heavy (non-hydrogen) atoms. The van der Waals surface area contributed by atoms with Gasteiger partial charge in [-0.05, 0) is 41.5 Å². The van der Waals surface area contributed by atoms with Crippen LogP contribution in [0.25, 0.3) is 0 Å². The maximum atomic E-state index is 13.9. The number of fused-ring (bicyclic) bond motifs is 1. The summed E-state index contributed by atoms with van der Waals surface area (Å²) >= 11 is 5.77. The van der Waals surface area contributed by atoms with Gasteiger partial charge in [-0.1, -0.05) is 48.0 Å². The van der Waals surface area contributed by atoms with Crippen molar-refractivity contribution in [2.75, 3.05) is 0 Å². The molecule has 104 valence electrons. The van der Waals surface area contributed by atoms with Crippen molar-refractivity contribution in [1.82, 2.24) is 0 Å². The van der Waals surface area contributed by atoms with E-state index in [4.69, 9.17) is 11.6 Å². The van der Waals surface area contributed by atoms with Crippen molar-refractivity contribution in [3.05, 3.63) is 70.0 Å². The molecule has 1 atom stereocenters. The highest BCUT2D eigenvalue weighted by Gasteiger charge is 2.27. The van der Waals surface area contributed by atoms with E-state index in [1.54, 1.807) is 12.1 Å². The zero-order valence-corrected chi connectivity index (χ0v) is 11.8. The molecular weight excluding hydrogens is 275 g/mol. The lowest BCUT2D eigenvalue weighted by molar-refractivity contribution is 0.112. The number of rotatable bonds is 3. The first-order chi connectivity index (χ1) is 9.65. The van der Waals surface area contributed by atoms with Gasteiger partial charge in [-0.2, -0.15) is 0 Å².